The lowest BCUT2D eigenvalue weighted by Gasteiger charge is -2.27. The summed E-state index contributed by atoms with van der Waals surface area (Å²) < 4.78 is 6.01. The van der Waals surface area contributed by atoms with E-state index in [1.807, 2.05) is 54.6 Å². The highest BCUT2D eigenvalue weighted by molar-refractivity contribution is 5.93. The summed E-state index contributed by atoms with van der Waals surface area (Å²) in [5.41, 5.74) is 3.07. The molecule has 0 amide bonds. The minimum absolute atomic E-state index is 0.175. The topological polar surface area (TPSA) is 47.6 Å². The molecule has 0 bridgehead atoms. The molecule has 2 aromatic carbocycles. The molecular weight excluding hydrogens is 224 g/mol. The van der Waals surface area contributed by atoms with Crippen LogP contribution in [0.5, 0.6) is 5.75 Å². The van der Waals surface area contributed by atoms with E-state index in [1.54, 1.807) is 0 Å². The lowest BCUT2D eigenvalue weighted by atomic mass is 9.95. The van der Waals surface area contributed by atoms with Crippen LogP contribution in [0.1, 0.15) is 17.2 Å². The fraction of sp³-hybridized carbons (Fsp3) is 0.133. The van der Waals surface area contributed by atoms with Gasteiger partial charge in [-0.15, -0.1) is 0 Å². The molecule has 0 spiro atoms. The third-order valence-corrected chi connectivity index (χ3v) is 3.16. The largest absolute Gasteiger partial charge is 0.479 e. The van der Waals surface area contributed by atoms with Gasteiger partial charge in [-0.25, -0.2) is 0 Å². The van der Waals surface area contributed by atoms with Gasteiger partial charge < -0.3 is 10.6 Å². The fourth-order valence-electron chi connectivity index (χ4n) is 2.25. The van der Waals surface area contributed by atoms with E-state index >= 15 is 0 Å². The first-order chi connectivity index (χ1) is 8.88. The zero-order chi connectivity index (χ0) is 12.4. The summed E-state index contributed by atoms with van der Waals surface area (Å²) in [4.78, 5) is 0. The van der Waals surface area contributed by atoms with Crippen molar-refractivity contribution in [1.82, 2.24) is 0 Å². The monoisotopic (exact) mass is 238 g/mol. The van der Waals surface area contributed by atoms with Crippen molar-refractivity contribution in [2.45, 2.75) is 12.5 Å². The molecule has 0 aromatic heterocycles. The van der Waals surface area contributed by atoms with Gasteiger partial charge in [-0.1, -0.05) is 48.5 Å². The molecule has 1 heterocycles. The molecule has 1 aliphatic heterocycles. The molecule has 18 heavy (non-hydrogen) atoms. The minimum atomic E-state index is -0.175. The summed E-state index contributed by atoms with van der Waals surface area (Å²) in [7, 11) is 0. The van der Waals surface area contributed by atoms with Crippen LogP contribution in [0.15, 0.2) is 59.7 Å². The summed E-state index contributed by atoms with van der Waals surface area (Å²) >= 11 is 0. The van der Waals surface area contributed by atoms with Gasteiger partial charge in [0.15, 0.2) is 6.10 Å². The summed E-state index contributed by atoms with van der Waals surface area (Å²) in [5, 5.41) is 3.90. The third-order valence-electron chi connectivity index (χ3n) is 3.16. The van der Waals surface area contributed by atoms with Gasteiger partial charge in [-0.05, 0) is 11.6 Å². The maximum Gasteiger partial charge on any atom is 0.164 e. The first-order valence-electron chi connectivity index (χ1n) is 5.94. The first kappa shape index (κ1) is 10.8. The minimum Gasteiger partial charge on any atom is -0.479 e. The van der Waals surface area contributed by atoms with Crippen LogP contribution in [-0.2, 0) is 6.42 Å². The molecule has 90 valence electrons. The van der Waals surface area contributed by atoms with E-state index in [4.69, 9.17) is 10.6 Å². The van der Waals surface area contributed by atoms with Crippen LogP contribution < -0.4 is 10.6 Å². The van der Waals surface area contributed by atoms with E-state index in [2.05, 4.69) is 5.10 Å². The van der Waals surface area contributed by atoms with Crippen LogP contribution in [0, 0.1) is 0 Å². The van der Waals surface area contributed by atoms with E-state index in [9.17, 15) is 0 Å². The highest BCUT2D eigenvalue weighted by atomic mass is 16.5. The summed E-state index contributed by atoms with van der Waals surface area (Å²) in [6, 6.07) is 18.0. The maximum absolute atomic E-state index is 6.01. The van der Waals surface area contributed by atoms with E-state index < -0.39 is 0 Å². The quantitative estimate of drug-likeness (QED) is 0.613. The number of ether oxygens (including phenoxy) is 1. The van der Waals surface area contributed by atoms with Gasteiger partial charge >= 0.3 is 0 Å². The molecule has 2 N–H and O–H groups in total. The molecule has 0 fully saturated rings. The Hall–Kier alpha value is -2.29. The summed E-state index contributed by atoms with van der Waals surface area (Å²) in [6.45, 7) is 0. The molecule has 0 saturated carbocycles. The van der Waals surface area contributed by atoms with E-state index in [0.29, 0.717) is 0 Å². The van der Waals surface area contributed by atoms with Gasteiger partial charge in [0.05, 0.1) is 5.71 Å². The second-order valence-electron chi connectivity index (χ2n) is 4.31. The number of hydrogen-bond acceptors (Lipinski definition) is 3. The van der Waals surface area contributed by atoms with Crippen molar-refractivity contribution in [3.8, 4) is 5.75 Å². The number of hydrogen-bond donors (Lipinski definition) is 1. The van der Waals surface area contributed by atoms with Crippen molar-refractivity contribution >= 4 is 5.71 Å². The van der Waals surface area contributed by atoms with Crippen molar-refractivity contribution in [3.05, 3.63) is 65.7 Å². The second kappa shape index (κ2) is 4.53. The molecule has 1 atom stereocenters. The van der Waals surface area contributed by atoms with Crippen molar-refractivity contribution in [1.29, 1.82) is 0 Å². The lowest BCUT2D eigenvalue weighted by molar-refractivity contribution is 0.260. The van der Waals surface area contributed by atoms with Gasteiger partial charge in [0.2, 0.25) is 0 Å². The van der Waals surface area contributed by atoms with Crippen LogP contribution in [0.3, 0.4) is 0 Å². The molecule has 3 nitrogen and oxygen atoms in total. The average Bonchev–Trinajstić information content (AvgIpc) is 2.46. The highest BCUT2D eigenvalue weighted by Gasteiger charge is 2.26. The highest BCUT2D eigenvalue weighted by Crippen LogP contribution is 2.32. The van der Waals surface area contributed by atoms with Crippen LogP contribution in [0.25, 0.3) is 0 Å². The fourth-order valence-corrected chi connectivity index (χ4v) is 2.25. The van der Waals surface area contributed by atoms with Crippen LogP contribution in [0.2, 0.25) is 0 Å². The average molecular weight is 238 g/mol. The number of rotatable bonds is 1. The number of fused-ring (bicyclic) bond motifs is 1. The van der Waals surface area contributed by atoms with Gasteiger partial charge in [0.1, 0.15) is 5.75 Å². The Labute approximate surface area is 106 Å². The van der Waals surface area contributed by atoms with E-state index in [-0.39, 0.29) is 6.10 Å². The Bertz CT molecular complexity index is 578. The Kier molecular flexibility index (Phi) is 2.73. The molecule has 2 aromatic rings. The molecule has 1 unspecified atom stereocenters. The first-order valence-corrected chi connectivity index (χ1v) is 5.94. The summed E-state index contributed by atoms with van der Waals surface area (Å²) in [5.74, 6) is 6.41. The number of hydrazone groups is 1. The predicted molar refractivity (Wildman–Crippen MR) is 71.6 cm³/mol. The van der Waals surface area contributed by atoms with Gasteiger partial charge in [-0.3, -0.25) is 0 Å². The van der Waals surface area contributed by atoms with E-state index in [1.165, 1.54) is 0 Å². The Morgan fingerprint density at radius 3 is 2.50 bits per heavy atom. The molecule has 3 rings (SSSR count). The van der Waals surface area contributed by atoms with Crippen LogP contribution in [-0.4, -0.2) is 5.71 Å². The molecule has 0 radical (unpaired) electrons. The maximum atomic E-state index is 6.01. The van der Waals surface area contributed by atoms with Gasteiger partial charge in [0, 0.05) is 12.0 Å². The molecule has 0 saturated heterocycles. The standard InChI is InChI=1S/C15H14N2O/c16-17-13-10-12-8-4-5-9-14(12)18-15(13)11-6-2-1-3-7-11/h1-9,15H,10,16H2. The SMILES string of the molecule is NN=C1Cc2ccccc2OC1c1ccccc1. The summed E-state index contributed by atoms with van der Waals surface area (Å²) in [6.07, 6.45) is 0.567. The third kappa shape index (κ3) is 1.84. The molecule has 3 heteroatoms. The molecular formula is C15H14N2O. The van der Waals surface area contributed by atoms with Crippen LogP contribution in [0.4, 0.5) is 0 Å². The normalized spacial score (nSPS) is 20.2. The number of para-hydroxylation sites is 1. The Morgan fingerprint density at radius 1 is 1.00 bits per heavy atom. The smallest absolute Gasteiger partial charge is 0.164 e. The van der Waals surface area contributed by atoms with Gasteiger partial charge in [0.25, 0.3) is 0 Å². The van der Waals surface area contributed by atoms with Crippen molar-refractivity contribution in [3.63, 3.8) is 0 Å². The predicted octanol–water partition coefficient (Wildman–Crippen LogP) is 2.68. The van der Waals surface area contributed by atoms with Crippen molar-refractivity contribution in [2.75, 3.05) is 0 Å². The Morgan fingerprint density at radius 2 is 1.72 bits per heavy atom. The molecule has 0 aliphatic carbocycles. The number of benzene rings is 2. The van der Waals surface area contributed by atoms with Gasteiger partial charge in [-0.2, -0.15) is 5.10 Å². The van der Waals surface area contributed by atoms with Crippen molar-refractivity contribution in [2.24, 2.45) is 10.9 Å². The lowest BCUT2D eigenvalue weighted by Crippen LogP contribution is -2.27. The van der Waals surface area contributed by atoms with Crippen molar-refractivity contribution < 1.29 is 4.74 Å². The zero-order valence-corrected chi connectivity index (χ0v) is 9.91. The molecule has 1 aliphatic rings. The second-order valence-corrected chi connectivity index (χ2v) is 4.31. The number of nitrogens with zero attached hydrogens (tertiary/aromatic N) is 1. The number of nitrogens with two attached hydrogens (primary N) is 1. The van der Waals surface area contributed by atoms with E-state index in [0.717, 1.165) is 29.0 Å². The Balaban J connectivity index is 2.02. The zero-order valence-electron chi connectivity index (χ0n) is 9.91. The van der Waals surface area contributed by atoms with Crippen LogP contribution >= 0.6 is 0 Å².